The van der Waals surface area contributed by atoms with E-state index in [2.05, 4.69) is 77.9 Å². The van der Waals surface area contributed by atoms with Crippen LogP contribution in [-0.2, 0) is 46.1 Å². The van der Waals surface area contributed by atoms with Crippen LogP contribution >= 0.6 is 0 Å². The van der Waals surface area contributed by atoms with Crippen molar-refractivity contribution < 1.29 is 25.1 Å². The largest absolute Gasteiger partial charge is 2.00 e. The van der Waals surface area contributed by atoms with Gasteiger partial charge in [-0.05, 0) is 124 Å². The van der Waals surface area contributed by atoms with Crippen LogP contribution in [0.4, 0.5) is 0 Å². The summed E-state index contributed by atoms with van der Waals surface area (Å²) in [5.41, 5.74) is 25.9. The minimum absolute atomic E-state index is 0. The van der Waals surface area contributed by atoms with E-state index in [0.717, 1.165) is 62.8 Å². The minimum Gasteiger partial charge on any atom is -0.493 e. The van der Waals surface area contributed by atoms with Crippen molar-refractivity contribution >= 4 is 11.4 Å². The molecule has 332 valence electrons. The van der Waals surface area contributed by atoms with Gasteiger partial charge in [0.25, 0.3) is 0 Å². The Morgan fingerprint density at radius 3 is 0.914 bits per heavy atom. The summed E-state index contributed by atoms with van der Waals surface area (Å²) >= 11 is 0. The molecule has 3 rings (SSSR count). The summed E-state index contributed by atoms with van der Waals surface area (Å²) in [6.45, 7) is 13.8. The Labute approximate surface area is 376 Å². The minimum atomic E-state index is 0. The van der Waals surface area contributed by atoms with E-state index in [0.29, 0.717) is 0 Å². The molecule has 2 aromatic carbocycles. The average Bonchev–Trinajstić information content (AvgIpc) is 3.47. The summed E-state index contributed by atoms with van der Waals surface area (Å²) in [5, 5.41) is 0. The van der Waals surface area contributed by atoms with Gasteiger partial charge in [0, 0.05) is 22.3 Å². The van der Waals surface area contributed by atoms with Crippen molar-refractivity contribution in [2.45, 2.75) is 241 Å². The van der Waals surface area contributed by atoms with Crippen LogP contribution in [0.3, 0.4) is 0 Å². The van der Waals surface area contributed by atoms with E-state index in [1.165, 1.54) is 192 Å². The Hall–Kier alpha value is -1.82. The molecule has 0 aliphatic carbocycles. The fourth-order valence-corrected chi connectivity index (χ4v) is 8.75. The van der Waals surface area contributed by atoms with Crippen molar-refractivity contribution in [3.63, 3.8) is 0 Å². The van der Waals surface area contributed by atoms with Crippen molar-refractivity contribution in [1.82, 2.24) is 0 Å². The van der Waals surface area contributed by atoms with Crippen LogP contribution < -0.4 is 0 Å². The zero-order valence-electron chi connectivity index (χ0n) is 39.6. The Balaban J connectivity index is 0.0000108. The van der Waals surface area contributed by atoms with Crippen molar-refractivity contribution in [3.8, 4) is 0 Å². The Bertz CT molecular complexity index is 1380. The summed E-state index contributed by atoms with van der Waals surface area (Å²) in [7, 11) is 0. The summed E-state index contributed by atoms with van der Waals surface area (Å²) in [6.07, 6.45) is 39.0. The maximum atomic E-state index is 12.7. The van der Waals surface area contributed by atoms with Gasteiger partial charge < -0.3 is 20.4 Å². The molecule has 0 amide bonds. The molecule has 2 aromatic rings. The molecule has 0 spiro atoms. The topological polar surface area (TPSA) is 25.3 Å². The number of allylic oxidation sites excluding steroid dienone is 2. The van der Waals surface area contributed by atoms with Crippen LogP contribution in [-0.4, -0.2) is 4.70 Å². The molecule has 58 heavy (non-hydrogen) atoms. The van der Waals surface area contributed by atoms with Gasteiger partial charge in [-0.25, -0.2) is 4.70 Å². The zero-order valence-corrected chi connectivity index (χ0v) is 41.1. The van der Waals surface area contributed by atoms with E-state index in [1.807, 2.05) is 0 Å². The Morgan fingerprint density at radius 2 is 0.569 bits per heavy atom. The summed E-state index contributed by atoms with van der Waals surface area (Å²) in [5.74, 6) is 0. The van der Waals surface area contributed by atoms with Gasteiger partial charge >= 0.3 is 20.4 Å². The van der Waals surface area contributed by atoms with Crippen molar-refractivity contribution in [2.24, 2.45) is 0 Å². The molecule has 0 unspecified atom stereocenters. The molecule has 3 heteroatoms. The number of unbranched alkanes of at least 4 members (excludes halogenated alkanes) is 19. The molecule has 1 aliphatic heterocycles. The molecule has 0 aromatic heterocycles. The number of benzene rings is 2. The maximum Gasteiger partial charge on any atom is 2.00 e. The van der Waals surface area contributed by atoms with E-state index >= 15 is 0 Å². The van der Waals surface area contributed by atoms with Gasteiger partial charge in [0.15, 0.2) is 0 Å². The van der Waals surface area contributed by atoms with Gasteiger partial charge in [-0.3, -0.25) is 0 Å². The third-order valence-corrected chi connectivity index (χ3v) is 12.1. The molecule has 1 aliphatic rings. The molecular formula is C55H92N2Pd. The molecule has 0 atom stereocenters. The fraction of sp³-hybridized carbons (Fsp3) is 0.673. The van der Waals surface area contributed by atoms with Gasteiger partial charge in [0.1, 0.15) is 0 Å². The molecule has 0 radical (unpaired) electrons. The molecule has 0 fully saturated rings. The molecule has 1 heterocycles. The first-order chi connectivity index (χ1) is 27.0. The summed E-state index contributed by atoms with van der Waals surface area (Å²) in [6, 6.07) is 14.7. The van der Waals surface area contributed by atoms with Gasteiger partial charge in [0.2, 0.25) is 11.4 Å². The van der Waals surface area contributed by atoms with Crippen LogP contribution in [0.1, 0.15) is 248 Å². The van der Waals surface area contributed by atoms with Crippen LogP contribution in [0.5, 0.6) is 0 Å². The van der Waals surface area contributed by atoms with E-state index < -0.39 is 0 Å². The molecule has 2 nitrogen and oxygen atoms in total. The Kier molecular flexibility index (Phi) is 33.8. The standard InChI is InChI=1S/C53H86N2.2CH3.Pd/c1-7-13-19-20-21-22-23-24-25-26-27-28-31-37-51-50(36-18-12-6)52(48-40-44(32-16-10-4)38-45(41-48)33-17-11-5)55(54)53(51)49-42-46(34-29-14-8-2)39-47(43-49)35-30-15-9-3;;;/h38-43H,7-37H2,1-6H3;2*1H3;/q;2*-1;+2. The number of hydrogen-bond donors (Lipinski definition) is 0. The molecule has 0 saturated carbocycles. The second-order valence-corrected chi connectivity index (χ2v) is 17.3. The second-order valence-electron chi connectivity index (χ2n) is 17.3. The van der Waals surface area contributed by atoms with Crippen LogP contribution in [0, 0.1) is 14.9 Å². The van der Waals surface area contributed by atoms with Crippen LogP contribution in [0.15, 0.2) is 47.5 Å². The monoisotopic (exact) mass is 887 g/mol. The predicted molar refractivity (Wildman–Crippen MR) is 257 cm³/mol. The van der Waals surface area contributed by atoms with Crippen LogP contribution in [0.25, 0.3) is 16.9 Å². The number of aryl methyl sites for hydroxylation is 4. The number of rotatable bonds is 33. The van der Waals surface area contributed by atoms with E-state index in [1.54, 1.807) is 4.70 Å². The van der Waals surface area contributed by atoms with Crippen molar-refractivity contribution in [3.05, 3.63) is 101 Å². The van der Waals surface area contributed by atoms with Crippen molar-refractivity contribution in [2.75, 3.05) is 0 Å². The number of nitrogens with zero attached hydrogens (tertiary/aromatic N) is 2. The molecule has 0 saturated heterocycles. The van der Waals surface area contributed by atoms with E-state index in [4.69, 9.17) is 0 Å². The third-order valence-electron chi connectivity index (χ3n) is 12.1. The van der Waals surface area contributed by atoms with Crippen molar-refractivity contribution in [1.29, 1.82) is 0 Å². The zero-order chi connectivity index (χ0) is 39.5. The summed E-state index contributed by atoms with van der Waals surface area (Å²) in [4.78, 5) is 0. The number of hydrogen-bond acceptors (Lipinski definition) is 0. The quantitative estimate of drug-likeness (QED) is 0.0295. The van der Waals surface area contributed by atoms with Gasteiger partial charge in [0.05, 0.1) is 0 Å². The first-order valence-electron chi connectivity index (χ1n) is 24.2. The molecule has 0 bridgehead atoms. The first kappa shape index (κ1) is 56.2. The second kappa shape index (κ2) is 34.8. The van der Waals surface area contributed by atoms with Gasteiger partial charge in [-0.2, -0.15) is 0 Å². The molecular weight excluding hydrogens is 795 g/mol. The maximum absolute atomic E-state index is 12.7. The predicted octanol–water partition coefficient (Wildman–Crippen LogP) is 18.6. The average molecular weight is 888 g/mol. The van der Waals surface area contributed by atoms with Crippen LogP contribution in [0.2, 0.25) is 0 Å². The summed E-state index contributed by atoms with van der Waals surface area (Å²) < 4.78 is 1.69. The van der Waals surface area contributed by atoms with E-state index in [-0.39, 0.29) is 35.3 Å². The fourth-order valence-electron chi connectivity index (χ4n) is 8.75. The van der Waals surface area contributed by atoms with Gasteiger partial charge in [-0.1, -0.05) is 176 Å². The SMILES string of the molecule is CCCCCCCCCCCCCCCC1=C(c2cc(CCCCC)cc(CCCCC)c2)[N+](=[N-])C(c2cc(CCCC)cc(CCCC)c2)=C1CCCC.[CH3-].[CH3-].[Pd+2]. The normalized spacial score (nSPS) is 12.6. The first-order valence-corrected chi connectivity index (χ1v) is 24.2. The Morgan fingerprint density at radius 1 is 0.328 bits per heavy atom. The smallest absolute Gasteiger partial charge is 0.493 e. The van der Waals surface area contributed by atoms with Gasteiger partial charge in [-0.15, -0.1) is 0 Å². The third kappa shape index (κ3) is 20.2. The molecule has 0 N–H and O–H groups in total. The van der Waals surface area contributed by atoms with E-state index in [9.17, 15) is 5.53 Å².